The SMILES string of the molecule is CN1C=CN(c2cc(Oc3cc(N(c4ccccc4)c4ccccn4)c4c(c3)oc3ccccc34)cc3c2OC2C=CC=CC32)C1. The first-order chi connectivity index (χ1) is 22.7. The minimum absolute atomic E-state index is 0.0328. The predicted octanol–water partition coefficient (Wildman–Crippen LogP) is 9.39. The largest absolute Gasteiger partial charge is 0.483 e. The number of ether oxygens (including phenoxy) is 2. The van der Waals surface area contributed by atoms with Crippen LogP contribution < -0.4 is 19.3 Å². The van der Waals surface area contributed by atoms with Crippen LogP contribution in [0, 0.1) is 0 Å². The molecule has 9 rings (SSSR count). The van der Waals surface area contributed by atoms with Gasteiger partial charge in [-0.05, 0) is 42.5 Å². The van der Waals surface area contributed by atoms with Crippen molar-refractivity contribution in [2.45, 2.75) is 12.0 Å². The first kappa shape index (κ1) is 26.5. The van der Waals surface area contributed by atoms with Crippen molar-refractivity contribution in [2.24, 2.45) is 0 Å². The van der Waals surface area contributed by atoms with E-state index in [-0.39, 0.29) is 12.0 Å². The fourth-order valence-electron chi connectivity index (χ4n) is 6.70. The van der Waals surface area contributed by atoms with Crippen LogP contribution in [0.15, 0.2) is 144 Å². The summed E-state index contributed by atoms with van der Waals surface area (Å²) in [7, 11) is 2.06. The first-order valence-electron chi connectivity index (χ1n) is 15.4. The van der Waals surface area contributed by atoms with E-state index in [9.17, 15) is 0 Å². The molecule has 4 heterocycles. The zero-order chi connectivity index (χ0) is 30.6. The van der Waals surface area contributed by atoms with Gasteiger partial charge in [0.25, 0.3) is 0 Å². The molecular weight excluding hydrogens is 572 g/mol. The Morgan fingerprint density at radius 3 is 2.50 bits per heavy atom. The molecule has 0 fully saturated rings. The summed E-state index contributed by atoms with van der Waals surface area (Å²) in [5.41, 5.74) is 5.54. The molecule has 0 amide bonds. The van der Waals surface area contributed by atoms with Crippen molar-refractivity contribution < 1.29 is 13.9 Å². The molecule has 0 N–H and O–H groups in total. The van der Waals surface area contributed by atoms with E-state index in [4.69, 9.17) is 18.9 Å². The Balaban J connectivity index is 1.22. The van der Waals surface area contributed by atoms with E-state index >= 15 is 0 Å². The van der Waals surface area contributed by atoms with Crippen molar-refractivity contribution in [3.05, 3.63) is 146 Å². The number of nitrogens with zero attached hydrogens (tertiary/aromatic N) is 4. The number of benzene rings is 4. The van der Waals surface area contributed by atoms with Gasteiger partial charge in [-0.3, -0.25) is 4.90 Å². The van der Waals surface area contributed by atoms with E-state index in [1.165, 1.54) is 0 Å². The van der Waals surface area contributed by atoms with Gasteiger partial charge in [-0.25, -0.2) is 4.98 Å². The molecule has 0 spiro atoms. The molecule has 3 aliphatic rings. The van der Waals surface area contributed by atoms with Crippen LogP contribution in [0.2, 0.25) is 0 Å². The minimum atomic E-state index is -0.0328. The third kappa shape index (κ3) is 4.39. The summed E-state index contributed by atoms with van der Waals surface area (Å²) in [5.74, 6) is 3.21. The Morgan fingerprint density at radius 1 is 0.826 bits per heavy atom. The Morgan fingerprint density at radius 2 is 1.65 bits per heavy atom. The molecule has 1 aliphatic carbocycles. The van der Waals surface area contributed by atoms with Gasteiger partial charge in [-0.1, -0.05) is 60.7 Å². The number of fused-ring (bicyclic) bond motifs is 6. The Bertz CT molecular complexity index is 2150. The number of furan rings is 1. The topological polar surface area (TPSA) is 54.2 Å². The second-order valence-electron chi connectivity index (χ2n) is 11.8. The van der Waals surface area contributed by atoms with E-state index < -0.39 is 0 Å². The molecular formula is C39H30N4O3. The van der Waals surface area contributed by atoms with Crippen LogP contribution in [0.25, 0.3) is 21.9 Å². The molecule has 6 aromatic rings. The van der Waals surface area contributed by atoms with Crippen LogP contribution in [0.4, 0.5) is 22.9 Å². The van der Waals surface area contributed by atoms with Gasteiger partial charge in [0.1, 0.15) is 40.3 Å². The number of pyridine rings is 1. The molecule has 2 atom stereocenters. The lowest BCUT2D eigenvalue weighted by molar-refractivity contribution is 0.269. The maximum atomic E-state index is 6.81. The first-order valence-corrected chi connectivity index (χ1v) is 15.4. The molecule has 46 heavy (non-hydrogen) atoms. The van der Waals surface area contributed by atoms with Gasteiger partial charge in [0.05, 0.1) is 23.4 Å². The Kier molecular flexibility index (Phi) is 6.09. The summed E-state index contributed by atoms with van der Waals surface area (Å²) in [6.45, 7) is 0.728. The van der Waals surface area contributed by atoms with Crippen LogP contribution >= 0.6 is 0 Å². The van der Waals surface area contributed by atoms with Crippen molar-refractivity contribution in [1.82, 2.24) is 9.88 Å². The van der Waals surface area contributed by atoms with E-state index in [0.29, 0.717) is 5.75 Å². The minimum Gasteiger partial charge on any atom is -0.483 e. The van der Waals surface area contributed by atoms with Gasteiger partial charge in [-0.2, -0.15) is 0 Å². The number of hydrogen-bond acceptors (Lipinski definition) is 7. The standard InChI is InChI=1S/C39H30N4O3/c1-41-19-20-42(25-41)33-23-27(21-31-29-13-5-7-15-34(29)46-39(31)33)44-28-22-32(38-30-14-6-8-16-35(30)45-36(38)24-28)43(26-11-3-2-4-12-26)37-17-9-10-18-40-37/h2-24,29,34H,25H2,1H3. The second-order valence-corrected chi connectivity index (χ2v) is 11.8. The number of hydrogen-bond donors (Lipinski definition) is 0. The molecule has 4 aromatic carbocycles. The second kappa shape index (κ2) is 10.6. The van der Waals surface area contributed by atoms with Gasteiger partial charge in [0, 0.05) is 66.4 Å². The molecule has 7 heteroatoms. The van der Waals surface area contributed by atoms with Crippen molar-refractivity contribution in [1.29, 1.82) is 0 Å². The number of allylic oxidation sites excluding steroid dienone is 2. The zero-order valence-electron chi connectivity index (χ0n) is 25.2. The highest BCUT2D eigenvalue weighted by atomic mass is 16.5. The van der Waals surface area contributed by atoms with Crippen molar-refractivity contribution in [3.63, 3.8) is 0 Å². The summed E-state index contributed by atoms with van der Waals surface area (Å²) >= 11 is 0. The highest BCUT2D eigenvalue weighted by molar-refractivity contribution is 6.13. The van der Waals surface area contributed by atoms with Crippen LogP contribution in [-0.2, 0) is 0 Å². The van der Waals surface area contributed by atoms with Crippen molar-refractivity contribution in [3.8, 4) is 17.2 Å². The van der Waals surface area contributed by atoms with E-state index in [1.807, 2.05) is 66.9 Å². The van der Waals surface area contributed by atoms with Gasteiger partial charge in [-0.15, -0.1) is 0 Å². The number of para-hydroxylation sites is 2. The summed E-state index contributed by atoms with van der Waals surface area (Å²) in [5, 5.41) is 2.02. The van der Waals surface area contributed by atoms with Crippen molar-refractivity contribution in [2.75, 3.05) is 23.5 Å². The van der Waals surface area contributed by atoms with Gasteiger partial charge < -0.3 is 23.7 Å². The van der Waals surface area contributed by atoms with Gasteiger partial charge >= 0.3 is 0 Å². The lowest BCUT2D eigenvalue weighted by Gasteiger charge is -2.25. The average molecular weight is 603 g/mol. The lowest BCUT2D eigenvalue weighted by atomic mass is 9.91. The number of rotatable bonds is 6. The molecule has 0 bridgehead atoms. The molecule has 224 valence electrons. The van der Waals surface area contributed by atoms with Crippen LogP contribution in [0.3, 0.4) is 0 Å². The quantitative estimate of drug-likeness (QED) is 0.188. The maximum absolute atomic E-state index is 6.81. The normalized spacial score (nSPS) is 17.8. The Labute approximate surface area is 266 Å². The van der Waals surface area contributed by atoms with Crippen molar-refractivity contribution >= 4 is 44.8 Å². The maximum Gasteiger partial charge on any atom is 0.148 e. The molecule has 2 aromatic heterocycles. The molecule has 2 aliphatic heterocycles. The van der Waals surface area contributed by atoms with E-state index in [2.05, 4.69) is 94.8 Å². The highest BCUT2D eigenvalue weighted by Gasteiger charge is 2.36. The molecule has 0 saturated heterocycles. The number of anilines is 4. The molecule has 2 unspecified atom stereocenters. The highest BCUT2D eigenvalue weighted by Crippen LogP contribution is 2.51. The lowest BCUT2D eigenvalue weighted by Crippen LogP contribution is -2.22. The fourth-order valence-corrected chi connectivity index (χ4v) is 6.70. The molecule has 0 saturated carbocycles. The van der Waals surface area contributed by atoms with Gasteiger partial charge in [0.15, 0.2) is 0 Å². The summed E-state index contributed by atoms with van der Waals surface area (Å²) in [4.78, 5) is 11.3. The third-order valence-corrected chi connectivity index (χ3v) is 8.76. The summed E-state index contributed by atoms with van der Waals surface area (Å²) in [6, 6.07) is 32.6. The van der Waals surface area contributed by atoms with E-state index in [0.717, 1.165) is 68.5 Å². The van der Waals surface area contributed by atoms with Crippen LogP contribution in [-0.4, -0.2) is 29.7 Å². The Hall–Kier alpha value is -5.95. The zero-order valence-corrected chi connectivity index (χ0v) is 25.2. The fraction of sp³-hybridized carbons (Fsp3) is 0.103. The number of aromatic nitrogens is 1. The summed E-state index contributed by atoms with van der Waals surface area (Å²) < 4.78 is 19.8. The summed E-state index contributed by atoms with van der Waals surface area (Å²) in [6.07, 6.45) is 14.4. The molecule has 7 nitrogen and oxygen atoms in total. The van der Waals surface area contributed by atoms with Gasteiger partial charge in [0.2, 0.25) is 0 Å². The molecule has 0 radical (unpaired) electrons. The van der Waals surface area contributed by atoms with E-state index in [1.54, 1.807) is 0 Å². The van der Waals surface area contributed by atoms with Crippen LogP contribution in [0.5, 0.6) is 17.2 Å². The van der Waals surface area contributed by atoms with Crippen LogP contribution in [0.1, 0.15) is 11.5 Å². The smallest absolute Gasteiger partial charge is 0.148 e. The third-order valence-electron chi connectivity index (χ3n) is 8.76. The predicted molar refractivity (Wildman–Crippen MR) is 182 cm³/mol. The average Bonchev–Trinajstić information content (AvgIpc) is 3.80. The monoisotopic (exact) mass is 602 g/mol.